The molecular formula is C7H8Cl2NO4S+. The Kier molecular flexibility index (Phi) is 3.93. The van der Waals surface area contributed by atoms with Gasteiger partial charge >= 0.3 is 0 Å². The molecule has 0 bridgehead atoms. The van der Waals surface area contributed by atoms with Gasteiger partial charge in [-0.05, 0) is 6.07 Å². The average Bonchev–Trinajstić information content (AvgIpc) is 2.08. The molecule has 0 aromatic heterocycles. The van der Waals surface area contributed by atoms with Crippen LogP contribution in [0.15, 0.2) is 17.0 Å². The van der Waals surface area contributed by atoms with Gasteiger partial charge in [-0.3, -0.25) is 4.55 Å². The third kappa shape index (κ3) is 2.81. The molecule has 1 aromatic carbocycles. The van der Waals surface area contributed by atoms with Crippen LogP contribution in [0.3, 0.4) is 0 Å². The summed E-state index contributed by atoms with van der Waals surface area (Å²) < 4.78 is 30.8. The number of rotatable bonds is 3. The van der Waals surface area contributed by atoms with E-state index in [0.29, 0.717) is 5.69 Å². The minimum absolute atomic E-state index is 0.143. The van der Waals surface area contributed by atoms with Crippen molar-refractivity contribution in [2.75, 3.05) is 7.11 Å². The van der Waals surface area contributed by atoms with E-state index >= 15 is 0 Å². The molecule has 15 heavy (non-hydrogen) atoms. The maximum atomic E-state index is 11.0. The summed E-state index contributed by atoms with van der Waals surface area (Å²) in [6, 6.07) is 2.78. The summed E-state index contributed by atoms with van der Waals surface area (Å²) >= 11 is 11.4. The van der Waals surface area contributed by atoms with Crippen molar-refractivity contribution in [3.05, 3.63) is 22.2 Å². The van der Waals surface area contributed by atoms with E-state index in [9.17, 15) is 8.42 Å². The fraction of sp³-hybridized carbons (Fsp3) is 0.143. The Balaban J connectivity index is 3.44. The lowest BCUT2D eigenvalue weighted by molar-refractivity contribution is -0.830. The first-order valence-electron chi connectivity index (χ1n) is 3.69. The largest absolute Gasteiger partial charge is 0.297 e. The molecule has 0 radical (unpaired) electrons. The number of halogens is 2. The van der Waals surface area contributed by atoms with Gasteiger partial charge in [0.25, 0.3) is 10.1 Å². The fourth-order valence-electron chi connectivity index (χ4n) is 1.00. The van der Waals surface area contributed by atoms with E-state index in [1.807, 2.05) is 0 Å². The predicted molar refractivity (Wildman–Crippen MR) is 54.9 cm³/mol. The summed E-state index contributed by atoms with van der Waals surface area (Å²) in [5.41, 5.74) is 1.56. The third-order valence-corrected chi connectivity index (χ3v) is 3.47. The van der Waals surface area contributed by atoms with Gasteiger partial charge in [-0.15, -0.1) is 0 Å². The summed E-state index contributed by atoms with van der Waals surface area (Å²) in [5.74, 6) is 0. The Morgan fingerprint density at radius 2 is 2.00 bits per heavy atom. The highest BCUT2D eigenvalue weighted by molar-refractivity contribution is 7.86. The van der Waals surface area contributed by atoms with E-state index in [1.54, 1.807) is 0 Å². The van der Waals surface area contributed by atoms with Crippen molar-refractivity contribution in [2.45, 2.75) is 4.90 Å². The van der Waals surface area contributed by atoms with Gasteiger partial charge in [0.2, 0.25) is 0 Å². The molecule has 5 nitrogen and oxygen atoms in total. The second kappa shape index (κ2) is 4.65. The Labute approximate surface area is 96.6 Å². The smallest absolute Gasteiger partial charge is 0.282 e. The maximum absolute atomic E-state index is 11.0. The molecule has 0 heterocycles. The lowest BCUT2D eigenvalue weighted by Crippen LogP contribution is -2.76. The van der Waals surface area contributed by atoms with E-state index < -0.39 is 15.0 Å². The predicted octanol–water partition coefficient (Wildman–Crippen LogP) is 0.996. The maximum Gasteiger partial charge on any atom is 0.297 e. The number of nitrogens with two attached hydrogens (primary N) is 1. The third-order valence-electron chi connectivity index (χ3n) is 1.58. The Morgan fingerprint density at radius 3 is 2.47 bits per heavy atom. The molecule has 0 amide bonds. The van der Waals surface area contributed by atoms with Crippen LogP contribution in [-0.2, 0) is 15.0 Å². The molecule has 0 fully saturated rings. The molecule has 0 aliphatic carbocycles. The molecule has 0 saturated carbocycles. The monoisotopic (exact) mass is 272 g/mol. The first-order valence-corrected chi connectivity index (χ1v) is 5.89. The van der Waals surface area contributed by atoms with E-state index in [4.69, 9.17) is 27.8 Å². The molecule has 0 atom stereocenters. The van der Waals surface area contributed by atoms with E-state index in [2.05, 4.69) is 4.84 Å². The first kappa shape index (κ1) is 12.7. The molecule has 1 aromatic rings. The van der Waals surface area contributed by atoms with Crippen LogP contribution in [0.5, 0.6) is 0 Å². The number of hydrogen-bond donors (Lipinski definition) is 2. The molecular weight excluding hydrogens is 265 g/mol. The van der Waals surface area contributed by atoms with Crippen LogP contribution in [0.1, 0.15) is 0 Å². The normalized spacial score (nSPS) is 11.7. The van der Waals surface area contributed by atoms with Gasteiger partial charge in [-0.2, -0.15) is 13.9 Å². The molecule has 0 aliphatic rings. The molecule has 0 unspecified atom stereocenters. The summed E-state index contributed by atoms with van der Waals surface area (Å²) in [6.07, 6.45) is 0. The van der Waals surface area contributed by atoms with Gasteiger partial charge in [0.1, 0.15) is 9.92 Å². The van der Waals surface area contributed by atoms with Crippen molar-refractivity contribution < 1.29 is 23.3 Å². The van der Waals surface area contributed by atoms with Gasteiger partial charge in [-0.25, -0.2) is 4.84 Å². The van der Waals surface area contributed by atoms with Gasteiger partial charge < -0.3 is 0 Å². The van der Waals surface area contributed by atoms with Crippen LogP contribution in [0.25, 0.3) is 0 Å². The van der Waals surface area contributed by atoms with Crippen LogP contribution >= 0.6 is 23.2 Å². The molecule has 0 spiro atoms. The van der Waals surface area contributed by atoms with Crippen molar-refractivity contribution in [1.82, 2.24) is 0 Å². The summed E-state index contributed by atoms with van der Waals surface area (Å²) in [5, 5.41) is -0.317. The van der Waals surface area contributed by atoms with Crippen LogP contribution in [0.4, 0.5) is 5.69 Å². The van der Waals surface area contributed by atoms with Crippen LogP contribution in [-0.4, -0.2) is 20.1 Å². The van der Waals surface area contributed by atoms with Crippen molar-refractivity contribution >= 4 is 39.0 Å². The number of benzene rings is 1. The minimum Gasteiger partial charge on any atom is -0.282 e. The Bertz CT molecular complexity index is 474. The average molecular weight is 273 g/mol. The highest BCUT2D eigenvalue weighted by Gasteiger charge is 2.23. The molecule has 84 valence electrons. The SMILES string of the molecule is CO[NH2+]c1ccc(Cl)c(S(=O)(=O)O)c1Cl. The van der Waals surface area contributed by atoms with Gasteiger partial charge in [0, 0.05) is 6.07 Å². The van der Waals surface area contributed by atoms with E-state index in [1.165, 1.54) is 24.7 Å². The Hall–Kier alpha value is -0.370. The zero-order valence-electron chi connectivity index (χ0n) is 7.57. The molecule has 1 rings (SSSR count). The Morgan fingerprint density at radius 1 is 1.40 bits per heavy atom. The summed E-state index contributed by atoms with van der Waals surface area (Å²) in [7, 11) is -3.06. The van der Waals surface area contributed by atoms with Gasteiger partial charge in [0.15, 0.2) is 5.69 Å². The van der Waals surface area contributed by atoms with E-state index in [0.717, 1.165) is 0 Å². The topological polar surface area (TPSA) is 80.2 Å². The summed E-state index contributed by atoms with van der Waals surface area (Å²) in [4.78, 5) is 4.17. The highest BCUT2D eigenvalue weighted by Crippen LogP contribution is 2.32. The van der Waals surface area contributed by atoms with Crippen LogP contribution < -0.4 is 5.48 Å². The second-order valence-electron chi connectivity index (χ2n) is 2.61. The first-order chi connectivity index (χ1) is 6.88. The quantitative estimate of drug-likeness (QED) is 0.489. The van der Waals surface area contributed by atoms with Gasteiger partial charge in [0.05, 0.1) is 12.1 Å². The summed E-state index contributed by atoms with van der Waals surface area (Å²) in [6.45, 7) is 0. The zero-order chi connectivity index (χ0) is 11.6. The molecule has 3 N–H and O–H groups in total. The van der Waals surface area contributed by atoms with Crippen molar-refractivity contribution in [2.24, 2.45) is 0 Å². The van der Waals surface area contributed by atoms with E-state index in [-0.39, 0.29) is 10.0 Å². The standard InChI is InChI=1S/C7H7Cl2NO4S/c1-14-10-5-3-2-4(8)7(6(5)9)15(11,12)13/h2-3,10H,1H3,(H,11,12,13)/p+1. The molecule has 0 aliphatic heterocycles. The highest BCUT2D eigenvalue weighted by atomic mass is 35.5. The molecule has 0 saturated heterocycles. The second-order valence-corrected chi connectivity index (χ2v) is 4.75. The van der Waals surface area contributed by atoms with Crippen LogP contribution in [0.2, 0.25) is 10.0 Å². The van der Waals surface area contributed by atoms with Crippen molar-refractivity contribution in [1.29, 1.82) is 0 Å². The number of quaternary nitrogens is 1. The van der Waals surface area contributed by atoms with Crippen LogP contribution in [0, 0.1) is 0 Å². The zero-order valence-corrected chi connectivity index (χ0v) is 9.90. The molecule has 8 heteroatoms. The number of hydrogen-bond acceptors (Lipinski definition) is 3. The lowest BCUT2D eigenvalue weighted by atomic mass is 10.3. The minimum atomic E-state index is -4.44. The van der Waals surface area contributed by atoms with Gasteiger partial charge in [-0.1, -0.05) is 23.2 Å². The lowest BCUT2D eigenvalue weighted by Gasteiger charge is -2.05. The van der Waals surface area contributed by atoms with Crippen molar-refractivity contribution in [3.63, 3.8) is 0 Å². The van der Waals surface area contributed by atoms with Crippen molar-refractivity contribution in [3.8, 4) is 0 Å². The fourth-order valence-corrected chi connectivity index (χ4v) is 2.66.